The second kappa shape index (κ2) is 7.33. The number of Topliss-reactive ketones (excluding diaryl/α,β-unsaturated/α-hetero) is 1. The Morgan fingerprint density at radius 3 is 2.43 bits per heavy atom. The van der Waals surface area contributed by atoms with Crippen LogP contribution in [-0.2, 0) is 16.9 Å². The first kappa shape index (κ1) is 19.2. The molecule has 0 saturated carbocycles. The Bertz CT molecular complexity index is 1050. The maximum atomic E-state index is 13.3. The number of carbonyl (C=O) groups is 2. The molecule has 4 rings (SSSR count). The number of amides is 1. The summed E-state index contributed by atoms with van der Waals surface area (Å²) in [7, 11) is 0. The number of anilines is 1. The van der Waals surface area contributed by atoms with Gasteiger partial charge in [-0.15, -0.1) is 11.3 Å². The molecule has 4 nitrogen and oxygen atoms in total. The summed E-state index contributed by atoms with van der Waals surface area (Å²) in [5, 5.41) is 13.9. The molecule has 0 spiro atoms. The largest absolute Gasteiger partial charge is 0.375 e. The average molecular weight is 432 g/mol. The number of carbonyl (C=O) groups excluding carboxylic acids is 2. The number of halogens is 2. The summed E-state index contributed by atoms with van der Waals surface area (Å²) >= 11 is 13.8. The van der Waals surface area contributed by atoms with Crippen LogP contribution in [-0.4, -0.2) is 16.8 Å². The molecule has 1 aliphatic rings. The normalized spacial score (nSPS) is 18.4. The van der Waals surface area contributed by atoms with Gasteiger partial charge in [-0.25, -0.2) is 0 Å². The highest BCUT2D eigenvalue weighted by Gasteiger charge is 2.51. The van der Waals surface area contributed by atoms with E-state index in [0.29, 0.717) is 31.7 Å². The van der Waals surface area contributed by atoms with E-state index in [0.717, 1.165) is 0 Å². The molecule has 1 aromatic heterocycles. The van der Waals surface area contributed by atoms with Gasteiger partial charge in [0.25, 0.3) is 5.91 Å². The van der Waals surface area contributed by atoms with Crippen molar-refractivity contribution in [3.63, 3.8) is 0 Å². The molecule has 0 aliphatic carbocycles. The molecule has 0 saturated heterocycles. The number of nitrogens with zero attached hydrogens (tertiary/aromatic N) is 1. The average Bonchev–Trinajstić information content (AvgIpc) is 3.28. The SMILES string of the molecule is O=C(C[C@]1(O)C(=O)N(Cc2c(Cl)cccc2Cl)c2ccccc21)c1cccs1. The van der Waals surface area contributed by atoms with Crippen LogP contribution in [0.15, 0.2) is 60.0 Å². The Morgan fingerprint density at radius 1 is 1.04 bits per heavy atom. The van der Waals surface area contributed by atoms with Crippen LogP contribution in [0.2, 0.25) is 10.0 Å². The second-order valence-electron chi connectivity index (χ2n) is 6.55. The quantitative estimate of drug-likeness (QED) is 0.574. The van der Waals surface area contributed by atoms with Gasteiger partial charge in [0.05, 0.1) is 23.5 Å². The first-order valence-electron chi connectivity index (χ1n) is 8.55. The zero-order valence-electron chi connectivity index (χ0n) is 14.6. The van der Waals surface area contributed by atoms with Gasteiger partial charge in [-0.3, -0.25) is 9.59 Å². The van der Waals surface area contributed by atoms with Crippen LogP contribution in [0.25, 0.3) is 0 Å². The molecular formula is C21H15Cl2NO3S. The van der Waals surface area contributed by atoms with Crippen molar-refractivity contribution < 1.29 is 14.7 Å². The summed E-state index contributed by atoms with van der Waals surface area (Å²) in [4.78, 5) is 27.8. The molecule has 1 aliphatic heterocycles. The van der Waals surface area contributed by atoms with Gasteiger partial charge in [-0.1, -0.05) is 53.5 Å². The lowest BCUT2D eigenvalue weighted by Gasteiger charge is -2.23. The number of fused-ring (bicyclic) bond motifs is 1. The molecule has 7 heteroatoms. The van der Waals surface area contributed by atoms with E-state index in [9.17, 15) is 14.7 Å². The third kappa shape index (κ3) is 3.14. The van der Waals surface area contributed by atoms with Gasteiger partial charge in [0.1, 0.15) is 0 Å². The topological polar surface area (TPSA) is 57.6 Å². The number of rotatable bonds is 5. The van der Waals surface area contributed by atoms with Crippen LogP contribution in [0.4, 0.5) is 5.69 Å². The monoisotopic (exact) mass is 431 g/mol. The summed E-state index contributed by atoms with van der Waals surface area (Å²) in [5.74, 6) is -0.840. The van der Waals surface area contributed by atoms with Crippen LogP contribution in [0.3, 0.4) is 0 Å². The van der Waals surface area contributed by atoms with Crippen molar-refractivity contribution in [2.45, 2.75) is 18.6 Å². The standard InChI is InChI=1S/C21H15Cl2NO3S/c22-15-6-3-7-16(23)13(15)12-24-17-8-2-1-5-14(17)21(27,20(24)26)11-18(25)19-9-4-10-28-19/h1-10,27H,11-12H2/t21-/m1/s1. The highest BCUT2D eigenvalue weighted by atomic mass is 35.5. The van der Waals surface area contributed by atoms with E-state index in [1.165, 1.54) is 16.2 Å². The van der Waals surface area contributed by atoms with E-state index >= 15 is 0 Å². The van der Waals surface area contributed by atoms with Crippen LogP contribution in [0, 0.1) is 0 Å². The van der Waals surface area contributed by atoms with Crippen molar-refractivity contribution in [2.75, 3.05) is 4.90 Å². The van der Waals surface area contributed by atoms with Gasteiger partial charge < -0.3 is 10.0 Å². The van der Waals surface area contributed by atoms with Crippen molar-refractivity contribution >= 4 is 51.9 Å². The summed E-state index contributed by atoms with van der Waals surface area (Å²) in [6.07, 6.45) is -0.323. The Hall–Kier alpha value is -2.18. The molecule has 142 valence electrons. The Morgan fingerprint density at radius 2 is 1.75 bits per heavy atom. The maximum Gasteiger partial charge on any atom is 0.264 e. The molecule has 0 bridgehead atoms. The second-order valence-corrected chi connectivity index (χ2v) is 8.31. The summed E-state index contributed by atoms with van der Waals surface area (Å²) in [5.41, 5.74) is -0.383. The predicted octanol–water partition coefficient (Wildman–Crippen LogP) is 5.06. The minimum absolute atomic E-state index is 0.101. The number of benzene rings is 2. The minimum atomic E-state index is -1.93. The van der Waals surface area contributed by atoms with E-state index in [2.05, 4.69) is 0 Å². The van der Waals surface area contributed by atoms with Crippen LogP contribution in [0.5, 0.6) is 0 Å². The molecule has 1 atom stereocenters. The number of ketones is 1. The fourth-order valence-electron chi connectivity index (χ4n) is 3.43. The first-order chi connectivity index (χ1) is 13.4. The smallest absolute Gasteiger partial charge is 0.264 e. The predicted molar refractivity (Wildman–Crippen MR) is 111 cm³/mol. The molecule has 0 fully saturated rings. The van der Waals surface area contributed by atoms with Crippen molar-refractivity contribution in [2.24, 2.45) is 0 Å². The molecule has 0 radical (unpaired) electrons. The van der Waals surface area contributed by atoms with Gasteiger partial charge >= 0.3 is 0 Å². The van der Waals surface area contributed by atoms with Crippen molar-refractivity contribution in [3.8, 4) is 0 Å². The van der Waals surface area contributed by atoms with Gasteiger partial charge in [0.2, 0.25) is 0 Å². The molecular weight excluding hydrogens is 417 g/mol. The molecule has 28 heavy (non-hydrogen) atoms. The zero-order valence-corrected chi connectivity index (χ0v) is 16.9. The number of hydrogen-bond acceptors (Lipinski definition) is 4. The number of para-hydroxylation sites is 1. The fraction of sp³-hybridized carbons (Fsp3) is 0.143. The van der Waals surface area contributed by atoms with Gasteiger partial charge in [0.15, 0.2) is 11.4 Å². The lowest BCUT2D eigenvalue weighted by molar-refractivity contribution is -0.136. The van der Waals surface area contributed by atoms with Crippen LogP contribution < -0.4 is 4.90 Å². The Balaban J connectivity index is 1.73. The molecule has 2 heterocycles. The number of hydrogen-bond donors (Lipinski definition) is 1. The van der Waals surface area contributed by atoms with Crippen LogP contribution in [0.1, 0.15) is 27.2 Å². The highest BCUT2D eigenvalue weighted by molar-refractivity contribution is 7.12. The third-order valence-electron chi connectivity index (χ3n) is 4.83. The van der Waals surface area contributed by atoms with Gasteiger partial charge in [-0.05, 0) is 29.6 Å². The summed E-state index contributed by atoms with van der Waals surface area (Å²) < 4.78 is 0. The molecule has 3 aromatic rings. The zero-order chi connectivity index (χ0) is 19.9. The Labute approximate surface area is 175 Å². The lowest BCUT2D eigenvalue weighted by Crippen LogP contribution is -2.41. The van der Waals surface area contributed by atoms with E-state index in [1.54, 1.807) is 60.0 Å². The Kier molecular flexibility index (Phi) is 5.02. The van der Waals surface area contributed by atoms with E-state index in [-0.39, 0.29) is 18.7 Å². The highest BCUT2D eigenvalue weighted by Crippen LogP contribution is 2.44. The molecule has 1 amide bonds. The van der Waals surface area contributed by atoms with Crippen LogP contribution >= 0.6 is 34.5 Å². The number of thiophene rings is 1. The van der Waals surface area contributed by atoms with Gasteiger partial charge in [-0.2, -0.15) is 0 Å². The fourth-order valence-corrected chi connectivity index (χ4v) is 4.61. The van der Waals surface area contributed by atoms with Crippen molar-refractivity contribution in [3.05, 3.63) is 86.0 Å². The van der Waals surface area contributed by atoms with E-state index < -0.39 is 11.5 Å². The summed E-state index contributed by atoms with van der Waals surface area (Å²) in [6, 6.07) is 15.5. The van der Waals surface area contributed by atoms with Crippen molar-refractivity contribution in [1.82, 2.24) is 0 Å². The molecule has 0 unspecified atom stereocenters. The lowest BCUT2D eigenvalue weighted by atomic mass is 9.89. The summed E-state index contributed by atoms with van der Waals surface area (Å²) in [6.45, 7) is 0.101. The number of aliphatic hydroxyl groups is 1. The van der Waals surface area contributed by atoms with E-state index in [1.807, 2.05) is 0 Å². The van der Waals surface area contributed by atoms with Gasteiger partial charge in [0, 0.05) is 21.2 Å². The molecule has 1 N–H and O–H groups in total. The minimum Gasteiger partial charge on any atom is -0.375 e. The maximum absolute atomic E-state index is 13.3. The molecule has 2 aromatic carbocycles. The third-order valence-corrected chi connectivity index (χ3v) is 6.45. The van der Waals surface area contributed by atoms with Crippen molar-refractivity contribution in [1.29, 1.82) is 0 Å². The van der Waals surface area contributed by atoms with E-state index in [4.69, 9.17) is 23.2 Å². The first-order valence-corrected chi connectivity index (χ1v) is 10.2.